The monoisotopic (exact) mass is 208 g/mol. The molecule has 1 rings (SSSR count). The van der Waals surface area contributed by atoms with Crippen molar-refractivity contribution in [2.45, 2.75) is 33.3 Å². The van der Waals surface area contributed by atoms with Crippen LogP contribution in [0.2, 0.25) is 0 Å². The van der Waals surface area contributed by atoms with Gasteiger partial charge < -0.3 is 10.2 Å². The van der Waals surface area contributed by atoms with Gasteiger partial charge in [0.25, 0.3) is 0 Å². The molecule has 15 heavy (non-hydrogen) atoms. The Morgan fingerprint density at radius 2 is 1.60 bits per heavy atom. The van der Waals surface area contributed by atoms with Crippen LogP contribution in [0.1, 0.15) is 29.2 Å². The predicted octanol–water partition coefficient (Wildman–Crippen LogP) is 1.90. The van der Waals surface area contributed by atoms with E-state index in [4.69, 9.17) is 5.11 Å². The third-order valence-electron chi connectivity index (χ3n) is 2.58. The number of benzene rings is 1. The van der Waals surface area contributed by atoms with Gasteiger partial charge in [-0.25, -0.2) is 4.79 Å². The normalized spacial score (nSPS) is 14.7. The van der Waals surface area contributed by atoms with E-state index >= 15 is 0 Å². The van der Waals surface area contributed by atoms with Gasteiger partial charge in [-0.15, -0.1) is 0 Å². The van der Waals surface area contributed by atoms with Crippen molar-refractivity contribution < 1.29 is 15.0 Å². The summed E-state index contributed by atoms with van der Waals surface area (Å²) in [7, 11) is 0. The van der Waals surface area contributed by atoms with E-state index in [1.165, 1.54) is 6.92 Å². The van der Waals surface area contributed by atoms with Gasteiger partial charge in [-0.3, -0.25) is 0 Å². The third kappa shape index (κ3) is 2.02. The van der Waals surface area contributed by atoms with E-state index in [-0.39, 0.29) is 0 Å². The van der Waals surface area contributed by atoms with Gasteiger partial charge >= 0.3 is 5.97 Å². The second-order valence-corrected chi connectivity index (χ2v) is 4.15. The van der Waals surface area contributed by atoms with Crippen molar-refractivity contribution in [3.63, 3.8) is 0 Å². The Labute approximate surface area is 89.4 Å². The molecule has 0 radical (unpaired) electrons. The first-order chi connectivity index (χ1) is 6.76. The summed E-state index contributed by atoms with van der Waals surface area (Å²) < 4.78 is 0. The lowest BCUT2D eigenvalue weighted by atomic mass is 9.87. The molecule has 2 N–H and O–H groups in total. The fourth-order valence-electron chi connectivity index (χ4n) is 2.05. The third-order valence-corrected chi connectivity index (χ3v) is 2.58. The molecule has 0 amide bonds. The lowest BCUT2D eigenvalue weighted by Crippen LogP contribution is -2.33. The topological polar surface area (TPSA) is 57.5 Å². The summed E-state index contributed by atoms with van der Waals surface area (Å²) in [4.78, 5) is 11.0. The molecule has 1 unspecified atom stereocenters. The molecule has 0 aliphatic carbocycles. The zero-order valence-corrected chi connectivity index (χ0v) is 9.46. The highest BCUT2D eigenvalue weighted by Crippen LogP contribution is 2.28. The molecule has 1 aromatic rings. The van der Waals surface area contributed by atoms with Crippen LogP contribution in [0.15, 0.2) is 12.1 Å². The van der Waals surface area contributed by atoms with E-state index in [0.29, 0.717) is 5.56 Å². The molecule has 0 spiro atoms. The molecule has 0 aliphatic rings. The highest BCUT2D eigenvalue weighted by molar-refractivity contribution is 5.79. The van der Waals surface area contributed by atoms with Crippen LogP contribution >= 0.6 is 0 Å². The van der Waals surface area contributed by atoms with E-state index in [1.54, 1.807) is 0 Å². The van der Waals surface area contributed by atoms with Crippen LogP contribution in [0.5, 0.6) is 0 Å². The van der Waals surface area contributed by atoms with Crippen LogP contribution in [0, 0.1) is 20.8 Å². The average molecular weight is 208 g/mol. The van der Waals surface area contributed by atoms with Crippen LogP contribution in [0.4, 0.5) is 0 Å². The zero-order valence-electron chi connectivity index (χ0n) is 9.46. The van der Waals surface area contributed by atoms with Crippen LogP contribution in [0.3, 0.4) is 0 Å². The second kappa shape index (κ2) is 3.66. The van der Waals surface area contributed by atoms with Crippen molar-refractivity contribution in [1.29, 1.82) is 0 Å². The molecule has 3 nitrogen and oxygen atoms in total. The standard InChI is InChI=1S/C12H16O3/c1-7-5-8(2)10(9(3)6-7)12(4,15)11(13)14/h5-6,15H,1-4H3,(H,13,14). The minimum atomic E-state index is -1.82. The van der Waals surface area contributed by atoms with Gasteiger partial charge in [-0.05, 0) is 38.8 Å². The van der Waals surface area contributed by atoms with Crippen molar-refractivity contribution in [2.75, 3.05) is 0 Å². The van der Waals surface area contributed by atoms with Gasteiger partial charge in [0.05, 0.1) is 0 Å². The summed E-state index contributed by atoms with van der Waals surface area (Å²) in [6, 6.07) is 3.75. The van der Waals surface area contributed by atoms with Gasteiger partial charge in [-0.1, -0.05) is 17.7 Å². The maximum absolute atomic E-state index is 11.0. The van der Waals surface area contributed by atoms with E-state index in [9.17, 15) is 9.90 Å². The van der Waals surface area contributed by atoms with Crippen LogP contribution in [0.25, 0.3) is 0 Å². The van der Waals surface area contributed by atoms with Gasteiger partial charge in [0.1, 0.15) is 0 Å². The van der Waals surface area contributed by atoms with Crippen molar-refractivity contribution in [3.8, 4) is 0 Å². The predicted molar refractivity (Wildman–Crippen MR) is 57.9 cm³/mol. The first-order valence-electron chi connectivity index (χ1n) is 4.81. The zero-order chi connectivity index (χ0) is 11.8. The molecule has 3 heteroatoms. The van der Waals surface area contributed by atoms with E-state index < -0.39 is 11.6 Å². The Hall–Kier alpha value is -1.35. The number of hydrogen-bond donors (Lipinski definition) is 2. The number of hydrogen-bond acceptors (Lipinski definition) is 2. The minimum absolute atomic E-state index is 0.487. The Bertz CT molecular complexity index is 382. The molecule has 0 saturated heterocycles. The molecular weight excluding hydrogens is 192 g/mol. The highest BCUT2D eigenvalue weighted by atomic mass is 16.4. The fraction of sp³-hybridized carbons (Fsp3) is 0.417. The Kier molecular flexibility index (Phi) is 2.86. The first kappa shape index (κ1) is 11.7. The van der Waals surface area contributed by atoms with Crippen LogP contribution in [-0.2, 0) is 10.4 Å². The molecule has 82 valence electrons. The summed E-state index contributed by atoms with van der Waals surface area (Å²) in [5.74, 6) is -1.22. The van der Waals surface area contributed by atoms with Gasteiger partial charge in [0, 0.05) is 5.56 Å². The molecule has 1 atom stereocenters. The first-order valence-corrected chi connectivity index (χ1v) is 4.81. The average Bonchev–Trinajstić information content (AvgIpc) is 2.00. The number of carbonyl (C=O) groups is 1. The molecule has 0 aromatic heterocycles. The SMILES string of the molecule is Cc1cc(C)c(C(C)(O)C(=O)O)c(C)c1. The Morgan fingerprint density at radius 3 is 1.93 bits per heavy atom. The van der Waals surface area contributed by atoms with Crippen molar-refractivity contribution >= 4 is 5.97 Å². The second-order valence-electron chi connectivity index (χ2n) is 4.15. The minimum Gasteiger partial charge on any atom is -0.479 e. The lowest BCUT2D eigenvalue weighted by molar-refractivity contribution is -0.157. The maximum atomic E-state index is 11.0. The number of carboxylic acid groups (broad SMARTS) is 1. The molecule has 0 aliphatic heterocycles. The van der Waals surface area contributed by atoms with Gasteiger partial charge in [-0.2, -0.15) is 0 Å². The molecule has 0 bridgehead atoms. The lowest BCUT2D eigenvalue weighted by Gasteiger charge is -2.23. The molecular formula is C12H16O3. The van der Waals surface area contributed by atoms with Crippen molar-refractivity contribution in [3.05, 3.63) is 34.4 Å². The van der Waals surface area contributed by atoms with E-state index in [1.807, 2.05) is 32.9 Å². The number of aryl methyl sites for hydroxylation is 3. The van der Waals surface area contributed by atoms with Gasteiger partial charge in [0.2, 0.25) is 0 Å². The largest absolute Gasteiger partial charge is 0.479 e. The molecule has 0 fully saturated rings. The van der Waals surface area contributed by atoms with E-state index in [2.05, 4.69) is 0 Å². The number of carboxylic acids is 1. The van der Waals surface area contributed by atoms with Crippen molar-refractivity contribution in [2.24, 2.45) is 0 Å². The number of rotatable bonds is 2. The summed E-state index contributed by atoms with van der Waals surface area (Å²) >= 11 is 0. The Balaban J connectivity index is 3.44. The van der Waals surface area contributed by atoms with Crippen molar-refractivity contribution in [1.82, 2.24) is 0 Å². The van der Waals surface area contributed by atoms with Gasteiger partial charge in [0.15, 0.2) is 5.60 Å². The highest BCUT2D eigenvalue weighted by Gasteiger charge is 2.34. The summed E-state index contributed by atoms with van der Waals surface area (Å²) in [6.45, 7) is 6.87. The number of aliphatic hydroxyl groups is 1. The molecule has 0 heterocycles. The number of aliphatic carboxylic acids is 1. The Morgan fingerprint density at radius 1 is 1.20 bits per heavy atom. The summed E-state index contributed by atoms with van der Waals surface area (Å²) in [5.41, 5.74) is 1.34. The fourth-order valence-corrected chi connectivity index (χ4v) is 2.05. The van der Waals surface area contributed by atoms with E-state index in [0.717, 1.165) is 16.7 Å². The maximum Gasteiger partial charge on any atom is 0.340 e. The quantitative estimate of drug-likeness (QED) is 0.780. The summed E-state index contributed by atoms with van der Waals surface area (Å²) in [5, 5.41) is 18.9. The molecule has 1 aromatic carbocycles. The smallest absolute Gasteiger partial charge is 0.340 e. The van der Waals surface area contributed by atoms with Crippen LogP contribution in [-0.4, -0.2) is 16.2 Å². The summed E-state index contributed by atoms with van der Waals surface area (Å²) in [6.07, 6.45) is 0. The molecule has 0 saturated carbocycles. The van der Waals surface area contributed by atoms with Crippen LogP contribution < -0.4 is 0 Å².